The second kappa shape index (κ2) is 6.64. The first kappa shape index (κ1) is 15.8. The Kier molecular flexibility index (Phi) is 4.37. The van der Waals surface area contributed by atoms with E-state index >= 15 is 0 Å². The number of rotatable bonds is 7. The van der Waals surface area contributed by atoms with Crippen molar-refractivity contribution in [3.63, 3.8) is 0 Å². The van der Waals surface area contributed by atoms with Gasteiger partial charge in [0.1, 0.15) is 5.76 Å². The van der Waals surface area contributed by atoms with Crippen molar-refractivity contribution in [1.29, 1.82) is 0 Å². The van der Waals surface area contributed by atoms with Crippen LogP contribution in [0.5, 0.6) is 0 Å². The molecule has 0 amide bonds. The molecule has 1 aliphatic heterocycles. The van der Waals surface area contributed by atoms with Crippen molar-refractivity contribution in [3.05, 3.63) is 29.6 Å². The van der Waals surface area contributed by atoms with Gasteiger partial charge >= 0.3 is 0 Å². The maximum Gasteiger partial charge on any atom is 0.229 e. The van der Waals surface area contributed by atoms with E-state index in [1.165, 1.54) is 12.8 Å². The monoisotopic (exact) mass is 331 g/mol. The van der Waals surface area contributed by atoms with Crippen LogP contribution in [0.3, 0.4) is 0 Å². The molecular formula is C17H25N5O2. The van der Waals surface area contributed by atoms with E-state index in [-0.39, 0.29) is 0 Å². The van der Waals surface area contributed by atoms with E-state index in [2.05, 4.69) is 38.9 Å². The number of aromatic nitrogens is 3. The average molecular weight is 331 g/mol. The summed E-state index contributed by atoms with van der Waals surface area (Å²) in [5.41, 5.74) is 0. The summed E-state index contributed by atoms with van der Waals surface area (Å²) >= 11 is 0. The van der Waals surface area contributed by atoms with Crippen molar-refractivity contribution >= 4 is 0 Å². The lowest BCUT2D eigenvalue weighted by molar-refractivity contribution is 0.209. The molecule has 7 nitrogen and oxygen atoms in total. The zero-order chi connectivity index (χ0) is 16.5. The lowest BCUT2D eigenvalue weighted by Gasteiger charge is -2.22. The Bertz CT molecular complexity index is 678. The number of likely N-dealkylation sites (tertiary alicyclic amines) is 1. The van der Waals surface area contributed by atoms with Crippen LogP contribution in [0.1, 0.15) is 55.5 Å². The van der Waals surface area contributed by atoms with Crippen LogP contribution in [0.2, 0.25) is 0 Å². The normalized spacial score (nSPS) is 21.9. The number of likely N-dealkylation sites (N-methyl/N-ethyl adjacent to an activating group) is 1. The first-order chi connectivity index (χ1) is 11.7. The summed E-state index contributed by atoms with van der Waals surface area (Å²) in [7, 11) is 2.14. The molecule has 0 aromatic carbocycles. The molecule has 0 unspecified atom stereocenters. The molecule has 3 heterocycles. The van der Waals surface area contributed by atoms with E-state index < -0.39 is 0 Å². The maximum atomic E-state index is 5.72. The van der Waals surface area contributed by atoms with Crippen molar-refractivity contribution in [3.8, 4) is 0 Å². The largest absolute Gasteiger partial charge is 0.444 e. The Morgan fingerprint density at radius 2 is 2.21 bits per heavy atom. The zero-order valence-corrected chi connectivity index (χ0v) is 14.4. The molecule has 7 heteroatoms. The topological polar surface area (TPSA) is 71.4 Å². The molecule has 2 aromatic heterocycles. The number of hydrogen-bond donors (Lipinski definition) is 0. The van der Waals surface area contributed by atoms with Crippen molar-refractivity contribution in [1.82, 2.24) is 24.9 Å². The highest BCUT2D eigenvalue weighted by molar-refractivity contribution is 5.02. The summed E-state index contributed by atoms with van der Waals surface area (Å²) in [4.78, 5) is 13.6. The number of nitrogens with zero attached hydrogens (tertiary/aromatic N) is 5. The predicted octanol–water partition coefficient (Wildman–Crippen LogP) is 2.20. The van der Waals surface area contributed by atoms with Gasteiger partial charge in [0, 0.05) is 31.5 Å². The third-order valence-electron chi connectivity index (χ3n) is 4.98. The van der Waals surface area contributed by atoms with E-state index in [0.717, 1.165) is 62.4 Å². The molecule has 0 spiro atoms. The van der Waals surface area contributed by atoms with Crippen LogP contribution in [0.15, 0.2) is 15.1 Å². The molecule has 0 bridgehead atoms. The van der Waals surface area contributed by atoms with E-state index in [4.69, 9.17) is 8.94 Å². The fourth-order valence-electron chi connectivity index (χ4n) is 3.27. The van der Waals surface area contributed by atoms with E-state index in [1.54, 1.807) is 0 Å². The molecule has 1 saturated carbocycles. The first-order valence-corrected chi connectivity index (χ1v) is 8.90. The van der Waals surface area contributed by atoms with Gasteiger partial charge in [-0.05, 0) is 26.3 Å². The molecule has 0 N–H and O–H groups in total. The molecule has 2 fully saturated rings. The summed E-state index contributed by atoms with van der Waals surface area (Å²) in [5.74, 6) is 3.93. The molecule has 2 aromatic rings. The number of aryl methyl sites for hydroxylation is 1. The quantitative estimate of drug-likeness (QED) is 0.770. The van der Waals surface area contributed by atoms with Crippen LogP contribution in [0, 0.1) is 0 Å². The van der Waals surface area contributed by atoms with E-state index in [0.29, 0.717) is 12.0 Å². The predicted molar refractivity (Wildman–Crippen MR) is 87.3 cm³/mol. The molecule has 2 aliphatic rings. The average Bonchev–Trinajstić information content (AvgIpc) is 3.00. The highest BCUT2D eigenvalue weighted by atomic mass is 16.5. The van der Waals surface area contributed by atoms with E-state index in [1.807, 2.05) is 6.20 Å². The van der Waals surface area contributed by atoms with Crippen LogP contribution in [-0.4, -0.2) is 51.1 Å². The zero-order valence-electron chi connectivity index (χ0n) is 14.4. The van der Waals surface area contributed by atoms with Gasteiger partial charge in [0.2, 0.25) is 11.8 Å². The van der Waals surface area contributed by atoms with Crippen molar-refractivity contribution in [2.45, 2.75) is 57.7 Å². The summed E-state index contributed by atoms with van der Waals surface area (Å²) in [5, 5.41) is 4.12. The standard InChI is InChI=1S/C17H25N5O2/c1-3-14-8-18-16(23-14)11-22-7-6-13(9-22)21(2)10-15-19-17(24-20-15)12-4-5-12/h8,12-13H,3-7,9-11H2,1-2H3/t13-/m1/s1. The molecule has 0 radical (unpaired) electrons. The fraction of sp³-hybridized carbons (Fsp3) is 0.706. The molecule has 24 heavy (non-hydrogen) atoms. The highest BCUT2D eigenvalue weighted by Gasteiger charge is 2.31. The summed E-state index contributed by atoms with van der Waals surface area (Å²) < 4.78 is 11.1. The third-order valence-corrected chi connectivity index (χ3v) is 4.98. The molecule has 4 rings (SSSR count). The highest BCUT2D eigenvalue weighted by Crippen LogP contribution is 2.38. The first-order valence-electron chi connectivity index (χ1n) is 8.90. The molecular weight excluding hydrogens is 306 g/mol. The van der Waals surface area contributed by atoms with Crippen LogP contribution in [-0.2, 0) is 19.5 Å². The smallest absolute Gasteiger partial charge is 0.229 e. The summed E-state index contributed by atoms with van der Waals surface area (Å²) in [6.45, 7) is 5.70. The minimum absolute atomic E-state index is 0.508. The maximum absolute atomic E-state index is 5.72. The van der Waals surface area contributed by atoms with Crippen molar-refractivity contribution in [2.24, 2.45) is 0 Å². The molecule has 1 saturated heterocycles. The second-order valence-electron chi connectivity index (χ2n) is 6.99. The van der Waals surface area contributed by atoms with Gasteiger partial charge in [-0.2, -0.15) is 4.98 Å². The molecule has 130 valence electrons. The molecule has 1 aliphatic carbocycles. The van der Waals surface area contributed by atoms with E-state index in [9.17, 15) is 0 Å². The Hall–Kier alpha value is -1.73. The Morgan fingerprint density at radius 3 is 2.96 bits per heavy atom. The minimum atomic E-state index is 0.508. The lowest BCUT2D eigenvalue weighted by Crippen LogP contribution is -2.34. The van der Waals surface area contributed by atoms with Gasteiger partial charge in [-0.15, -0.1) is 0 Å². The summed E-state index contributed by atoms with van der Waals surface area (Å²) in [6.07, 6.45) is 6.25. The van der Waals surface area contributed by atoms with Gasteiger partial charge in [-0.25, -0.2) is 4.98 Å². The summed E-state index contributed by atoms with van der Waals surface area (Å²) in [6, 6.07) is 0.508. The van der Waals surface area contributed by atoms with Crippen LogP contribution >= 0.6 is 0 Å². The van der Waals surface area contributed by atoms with Gasteiger partial charge in [0.05, 0.1) is 19.3 Å². The van der Waals surface area contributed by atoms with Gasteiger partial charge in [-0.1, -0.05) is 12.1 Å². The Labute approximate surface area is 142 Å². The van der Waals surface area contributed by atoms with Gasteiger partial charge in [-0.3, -0.25) is 9.80 Å². The van der Waals surface area contributed by atoms with Crippen molar-refractivity contribution < 1.29 is 8.94 Å². The Morgan fingerprint density at radius 1 is 1.33 bits per heavy atom. The van der Waals surface area contributed by atoms with Crippen LogP contribution < -0.4 is 0 Å². The number of hydrogen-bond acceptors (Lipinski definition) is 7. The van der Waals surface area contributed by atoms with Gasteiger partial charge < -0.3 is 8.94 Å². The van der Waals surface area contributed by atoms with Gasteiger partial charge in [0.25, 0.3) is 0 Å². The van der Waals surface area contributed by atoms with Gasteiger partial charge in [0.15, 0.2) is 5.82 Å². The van der Waals surface area contributed by atoms with Crippen LogP contribution in [0.4, 0.5) is 0 Å². The lowest BCUT2D eigenvalue weighted by atomic mass is 10.2. The SMILES string of the molecule is CCc1cnc(CN2CC[C@@H](N(C)Cc3noc(C4CC4)n3)C2)o1. The fourth-order valence-corrected chi connectivity index (χ4v) is 3.27. The van der Waals surface area contributed by atoms with Crippen LogP contribution in [0.25, 0.3) is 0 Å². The number of oxazole rings is 1. The minimum Gasteiger partial charge on any atom is -0.444 e. The Balaban J connectivity index is 1.28. The third kappa shape index (κ3) is 3.52. The van der Waals surface area contributed by atoms with Crippen molar-refractivity contribution in [2.75, 3.05) is 20.1 Å². The molecule has 1 atom stereocenters. The second-order valence-corrected chi connectivity index (χ2v) is 6.99.